The molecule has 0 aliphatic carbocycles. The molecule has 2 aromatic heterocycles. The van der Waals surface area contributed by atoms with Crippen LogP contribution in [-0.2, 0) is 15.1 Å². The number of nitrogens with zero attached hydrogens (tertiary/aromatic N) is 3. The number of aromatic nitrogens is 2. The van der Waals surface area contributed by atoms with Gasteiger partial charge in [-0.15, -0.1) is 11.3 Å². The molecule has 3 heterocycles. The van der Waals surface area contributed by atoms with Crippen LogP contribution in [-0.4, -0.2) is 39.1 Å². The van der Waals surface area contributed by atoms with Crippen LogP contribution in [0.3, 0.4) is 0 Å². The van der Waals surface area contributed by atoms with E-state index in [1.807, 2.05) is 0 Å². The molecule has 168 valence electrons. The number of aryl methyl sites for hydroxylation is 1. The average Bonchev–Trinajstić information content (AvgIpc) is 3.20. The van der Waals surface area contributed by atoms with Crippen molar-refractivity contribution in [2.24, 2.45) is 5.92 Å². The zero-order valence-corrected chi connectivity index (χ0v) is 18.7. The first-order valence-corrected chi connectivity index (χ1v) is 11.0. The third-order valence-electron chi connectivity index (χ3n) is 6.12. The van der Waals surface area contributed by atoms with Crippen molar-refractivity contribution in [3.05, 3.63) is 47.1 Å². The van der Waals surface area contributed by atoms with Gasteiger partial charge in [-0.05, 0) is 43.2 Å². The van der Waals surface area contributed by atoms with Crippen LogP contribution < -0.4 is 11.1 Å². The number of hydrogen-bond acceptors (Lipinski definition) is 6. The summed E-state index contributed by atoms with van der Waals surface area (Å²) in [6.45, 7) is 4.42. The minimum absolute atomic E-state index is 0.260. The van der Waals surface area contributed by atoms with Crippen molar-refractivity contribution < 1.29 is 18.4 Å². The quantitative estimate of drug-likeness (QED) is 0.566. The van der Waals surface area contributed by atoms with Gasteiger partial charge >= 0.3 is 11.8 Å². The van der Waals surface area contributed by atoms with Gasteiger partial charge in [0.05, 0.1) is 33.2 Å². The number of alkyl halides is 2. The van der Waals surface area contributed by atoms with Gasteiger partial charge in [-0.25, -0.2) is 18.7 Å². The number of nitrogens with one attached hydrogen (secondary N) is 1. The van der Waals surface area contributed by atoms with Gasteiger partial charge in [0.1, 0.15) is 5.82 Å². The van der Waals surface area contributed by atoms with Crippen molar-refractivity contribution in [2.75, 3.05) is 17.6 Å². The fraction of sp³-hybridized carbons (Fsp3) is 0.364. The molecule has 1 fully saturated rings. The summed E-state index contributed by atoms with van der Waals surface area (Å²) in [5, 5.41) is 2.51. The van der Waals surface area contributed by atoms with E-state index in [9.17, 15) is 18.4 Å². The summed E-state index contributed by atoms with van der Waals surface area (Å²) < 4.78 is 30.6. The molecule has 2 amide bonds. The average molecular weight is 460 g/mol. The largest absolute Gasteiger partial charge is 0.383 e. The lowest BCUT2D eigenvalue weighted by Crippen LogP contribution is -2.60. The van der Waals surface area contributed by atoms with Gasteiger partial charge in [0.15, 0.2) is 0 Å². The molecule has 3 N–H and O–H groups in total. The topological polar surface area (TPSA) is 101 Å². The molecule has 1 aliphatic rings. The van der Waals surface area contributed by atoms with Crippen LogP contribution in [0.5, 0.6) is 0 Å². The molecule has 0 saturated carbocycles. The van der Waals surface area contributed by atoms with E-state index in [1.54, 1.807) is 43.6 Å². The third-order valence-corrected chi connectivity index (χ3v) is 6.93. The Labute approximate surface area is 187 Å². The number of likely N-dealkylation sites (tertiary alicyclic amines) is 1. The Bertz CT molecular complexity index is 1210. The third kappa shape index (κ3) is 3.79. The molecule has 0 spiro atoms. The van der Waals surface area contributed by atoms with Crippen molar-refractivity contribution in [2.45, 2.75) is 38.7 Å². The summed E-state index contributed by atoms with van der Waals surface area (Å²) in [6.07, 6.45) is 0.744. The van der Waals surface area contributed by atoms with E-state index in [1.165, 1.54) is 29.4 Å². The summed E-state index contributed by atoms with van der Waals surface area (Å²) in [6, 6.07) is 6.83. The van der Waals surface area contributed by atoms with Crippen molar-refractivity contribution >= 4 is 44.9 Å². The van der Waals surface area contributed by atoms with Crippen LogP contribution in [0.1, 0.15) is 31.4 Å². The summed E-state index contributed by atoms with van der Waals surface area (Å²) in [5.41, 5.74) is 8.09. The number of hydrogen-bond donors (Lipinski definition) is 2. The summed E-state index contributed by atoms with van der Waals surface area (Å²) in [4.78, 5) is 35.5. The molecule has 7 nitrogen and oxygen atoms in total. The molecule has 1 saturated heterocycles. The molecular weight excluding hydrogens is 436 g/mol. The van der Waals surface area contributed by atoms with E-state index in [2.05, 4.69) is 15.3 Å². The molecule has 1 aliphatic heterocycles. The smallest absolute Gasteiger partial charge is 0.313 e. The summed E-state index contributed by atoms with van der Waals surface area (Å²) in [5.74, 6) is -5.60. The zero-order chi connectivity index (χ0) is 23.3. The maximum atomic E-state index is 14.8. The Hall–Kier alpha value is -3.14. The number of carbonyl (C=O) groups is 2. The monoisotopic (exact) mass is 459 g/mol. The molecule has 1 aromatic carbocycles. The van der Waals surface area contributed by atoms with Crippen LogP contribution in [0.25, 0.3) is 10.2 Å². The highest BCUT2D eigenvalue weighted by Gasteiger charge is 2.54. The maximum absolute atomic E-state index is 14.8. The number of nitrogen functional groups attached to an aromatic ring is 1. The Morgan fingerprint density at radius 2 is 2.03 bits per heavy atom. The standard InChI is InChI=1S/C22H23F2N5O2S/c1-12-6-15(8-26-18(12)25)28-19(30)20(31)29-9-13(2)22(23,24)10-21(29,3)14-4-5-17-16(7-14)27-11-32-17/h4-8,11,13H,9-10H2,1-3H3,(H2,25,26)(H,28,30)/t13-,21+/m1/s1. The number of carbonyl (C=O) groups excluding carboxylic acids is 2. The van der Waals surface area contributed by atoms with Crippen molar-refractivity contribution in [3.63, 3.8) is 0 Å². The van der Waals surface area contributed by atoms with Gasteiger partial charge in [0, 0.05) is 18.9 Å². The van der Waals surface area contributed by atoms with Crippen molar-refractivity contribution in [3.8, 4) is 0 Å². The number of amides is 2. The first kappa shape index (κ1) is 22.1. The Morgan fingerprint density at radius 3 is 2.75 bits per heavy atom. The molecule has 0 radical (unpaired) electrons. The highest BCUT2D eigenvalue weighted by molar-refractivity contribution is 7.16. The Balaban J connectivity index is 1.69. The minimum atomic E-state index is -3.00. The lowest BCUT2D eigenvalue weighted by atomic mass is 9.76. The zero-order valence-electron chi connectivity index (χ0n) is 17.9. The number of nitrogens with two attached hydrogens (primary N) is 1. The molecule has 2 atom stereocenters. The lowest BCUT2D eigenvalue weighted by molar-refractivity contribution is -0.172. The number of rotatable bonds is 2. The number of benzene rings is 1. The molecule has 0 unspecified atom stereocenters. The number of piperidine rings is 1. The van der Waals surface area contributed by atoms with Gasteiger partial charge in [-0.2, -0.15) is 0 Å². The van der Waals surface area contributed by atoms with Gasteiger partial charge in [0.2, 0.25) is 0 Å². The van der Waals surface area contributed by atoms with E-state index in [-0.39, 0.29) is 6.54 Å². The van der Waals surface area contributed by atoms with Crippen molar-refractivity contribution in [1.29, 1.82) is 0 Å². The molecule has 3 aromatic rings. The lowest BCUT2D eigenvalue weighted by Gasteiger charge is -2.50. The van der Waals surface area contributed by atoms with E-state index in [0.29, 0.717) is 28.1 Å². The molecule has 32 heavy (non-hydrogen) atoms. The summed E-state index contributed by atoms with van der Waals surface area (Å²) in [7, 11) is 0. The SMILES string of the molecule is Cc1cc(NC(=O)C(=O)N2C[C@@H](C)C(F)(F)C[C@@]2(C)c2ccc3scnc3c2)cnc1N. The highest BCUT2D eigenvalue weighted by atomic mass is 32.1. The maximum Gasteiger partial charge on any atom is 0.313 e. The van der Waals surface area contributed by atoms with Crippen LogP contribution >= 0.6 is 11.3 Å². The predicted molar refractivity (Wildman–Crippen MR) is 119 cm³/mol. The fourth-order valence-corrected chi connectivity index (χ4v) is 4.71. The fourth-order valence-electron chi connectivity index (χ4n) is 4.06. The number of pyridine rings is 1. The second-order valence-electron chi connectivity index (χ2n) is 8.44. The molecule has 10 heteroatoms. The van der Waals surface area contributed by atoms with Crippen LogP contribution in [0.2, 0.25) is 0 Å². The number of halogens is 2. The highest BCUT2D eigenvalue weighted by Crippen LogP contribution is 2.47. The van der Waals surface area contributed by atoms with Gasteiger partial charge in [0.25, 0.3) is 5.92 Å². The number of fused-ring (bicyclic) bond motifs is 1. The Kier molecular flexibility index (Phi) is 5.36. The number of thiazole rings is 1. The number of anilines is 2. The van der Waals surface area contributed by atoms with Crippen molar-refractivity contribution in [1.82, 2.24) is 14.9 Å². The predicted octanol–water partition coefficient (Wildman–Crippen LogP) is 3.94. The molecular formula is C22H23F2N5O2S. The first-order valence-electron chi connectivity index (χ1n) is 10.1. The second-order valence-corrected chi connectivity index (χ2v) is 9.33. The normalized spacial score (nSPS) is 22.7. The van der Waals surface area contributed by atoms with Gasteiger partial charge < -0.3 is 16.0 Å². The van der Waals surface area contributed by atoms with E-state index >= 15 is 0 Å². The first-order chi connectivity index (χ1) is 15.0. The van der Waals surface area contributed by atoms with E-state index < -0.39 is 35.6 Å². The second kappa shape index (κ2) is 7.77. The van der Waals surface area contributed by atoms with Crippen LogP contribution in [0.4, 0.5) is 20.3 Å². The van der Waals surface area contributed by atoms with E-state index in [0.717, 1.165) is 4.70 Å². The molecule has 0 bridgehead atoms. The van der Waals surface area contributed by atoms with Gasteiger partial charge in [-0.1, -0.05) is 13.0 Å². The van der Waals surface area contributed by atoms with E-state index in [4.69, 9.17) is 5.73 Å². The van der Waals surface area contributed by atoms with Crippen LogP contribution in [0, 0.1) is 12.8 Å². The minimum Gasteiger partial charge on any atom is -0.383 e. The summed E-state index contributed by atoms with van der Waals surface area (Å²) >= 11 is 1.44. The Morgan fingerprint density at radius 1 is 1.28 bits per heavy atom. The van der Waals surface area contributed by atoms with Gasteiger partial charge in [-0.3, -0.25) is 9.59 Å². The van der Waals surface area contributed by atoms with Crippen LogP contribution in [0.15, 0.2) is 36.0 Å². The molecule has 4 rings (SSSR count).